The van der Waals surface area contributed by atoms with Gasteiger partial charge >= 0.3 is 0 Å². The Morgan fingerprint density at radius 2 is 1.95 bits per heavy atom. The van der Waals surface area contributed by atoms with Crippen LogP contribution in [0.2, 0.25) is 0 Å². The van der Waals surface area contributed by atoms with E-state index in [-0.39, 0.29) is 0 Å². The van der Waals surface area contributed by atoms with Gasteiger partial charge in [0.25, 0.3) is 0 Å². The van der Waals surface area contributed by atoms with Crippen LogP contribution < -0.4 is 0 Å². The van der Waals surface area contributed by atoms with Crippen molar-refractivity contribution in [1.29, 1.82) is 0 Å². The first-order chi connectivity index (χ1) is 9.20. The van der Waals surface area contributed by atoms with Crippen molar-refractivity contribution in [2.45, 2.75) is 26.7 Å². The molecule has 1 aromatic carbocycles. The Labute approximate surface area is 116 Å². The second-order valence-electron chi connectivity index (χ2n) is 4.87. The highest BCUT2D eigenvalue weighted by atomic mass is 15.1. The molecule has 1 heteroatoms. The van der Waals surface area contributed by atoms with Crippen LogP contribution in [0.1, 0.15) is 30.9 Å². The van der Waals surface area contributed by atoms with Crippen molar-refractivity contribution in [3.05, 3.63) is 78.3 Å². The molecule has 98 valence electrons. The molecule has 1 nitrogen and oxygen atoms in total. The van der Waals surface area contributed by atoms with Gasteiger partial charge in [-0.2, -0.15) is 0 Å². The van der Waals surface area contributed by atoms with Crippen molar-refractivity contribution in [3.8, 4) is 0 Å². The minimum Gasteiger partial charge on any atom is -0.324 e. The van der Waals surface area contributed by atoms with E-state index in [9.17, 15) is 0 Å². The fourth-order valence-electron chi connectivity index (χ4n) is 2.11. The fraction of sp³-hybridized carbons (Fsp3) is 0.222. The zero-order chi connectivity index (χ0) is 13.7. The molecule has 0 saturated carbocycles. The third-order valence-corrected chi connectivity index (χ3v) is 3.21. The van der Waals surface area contributed by atoms with E-state index in [1.807, 2.05) is 24.4 Å². The zero-order valence-electron chi connectivity index (χ0n) is 11.8. The zero-order valence-corrected chi connectivity index (χ0v) is 11.8. The molecular weight excluding hydrogens is 230 g/mol. The number of benzene rings is 1. The van der Waals surface area contributed by atoms with E-state index in [0.29, 0.717) is 0 Å². The topological polar surface area (TPSA) is 3.24 Å². The minimum atomic E-state index is 1.00. The lowest BCUT2D eigenvalue weighted by atomic mass is 10.0. The molecule has 0 N–H and O–H groups in total. The van der Waals surface area contributed by atoms with Crippen molar-refractivity contribution in [1.82, 2.24) is 4.90 Å². The number of nitrogens with zero attached hydrogens (tertiary/aromatic N) is 1. The lowest BCUT2D eigenvalue weighted by molar-refractivity contribution is 0.647. The van der Waals surface area contributed by atoms with Crippen LogP contribution in [0.3, 0.4) is 0 Å². The van der Waals surface area contributed by atoms with Gasteiger partial charge in [0.2, 0.25) is 0 Å². The van der Waals surface area contributed by atoms with E-state index in [1.54, 1.807) is 0 Å². The lowest BCUT2D eigenvalue weighted by Gasteiger charge is -2.20. The normalized spacial score (nSPS) is 15.2. The van der Waals surface area contributed by atoms with Crippen LogP contribution in [0.4, 0.5) is 0 Å². The summed E-state index contributed by atoms with van der Waals surface area (Å²) in [4.78, 5) is 2.09. The van der Waals surface area contributed by atoms with Gasteiger partial charge in [0.15, 0.2) is 0 Å². The van der Waals surface area contributed by atoms with Gasteiger partial charge in [-0.3, -0.25) is 0 Å². The summed E-state index contributed by atoms with van der Waals surface area (Å²) in [5, 5.41) is 0. The predicted molar refractivity (Wildman–Crippen MR) is 83.3 cm³/mol. The van der Waals surface area contributed by atoms with Crippen LogP contribution in [0.25, 0.3) is 5.57 Å². The van der Waals surface area contributed by atoms with Crippen molar-refractivity contribution in [3.63, 3.8) is 0 Å². The molecular formula is C18H21N. The van der Waals surface area contributed by atoms with E-state index in [2.05, 4.69) is 55.8 Å². The monoisotopic (exact) mass is 251 g/mol. The average molecular weight is 251 g/mol. The summed E-state index contributed by atoms with van der Waals surface area (Å²) in [5.74, 6) is 0. The summed E-state index contributed by atoms with van der Waals surface area (Å²) in [5.41, 5.74) is 4.94. The van der Waals surface area contributed by atoms with E-state index >= 15 is 0 Å². The molecule has 1 aromatic rings. The van der Waals surface area contributed by atoms with Gasteiger partial charge in [0.05, 0.1) is 0 Å². The second kappa shape index (κ2) is 6.24. The third kappa shape index (κ3) is 3.47. The highest BCUT2D eigenvalue weighted by Crippen LogP contribution is 2.23. The summed E-state index contributed by atoms with van der Waals surface area (Å²) in [7, 11) is 0. The van der Waals surface area contributed by atoms with Gasteiger partial charge < -0.3 is 4.90 Å². The first-order valence-corrected chi connectivity index (χ1v) is 6.80. The summed E-state index contributed by atoms with van der Waals surface area (Å²) < 4.78 is 0. The second-order valence-corrected chi connectivity index (χ2v) is 4.87. The van der Waals surface area contributed by atoms with E-state index in [1.165, 1.54) is 16.7 Å². The van der Waals surface area contributed by atoms with Crippen molar-refractivity contribution in [2.75, 3.05) is 0 Å². The van der Waals surface area contributed by atoms with Crippen LogP contribution in [-0.4, -0.2) is 4.90 Å². The van der Waals surface area contributed by atoms with Gasteiger partial charge in [0, 0.05) is 18.1 Å². The fourth-order valence-corrected chi connectivity index (χ4v) is 2.11. The molecule has 0 bridgehead atoms. The molecule has 0 fully saturated rings. The highest BCUT2D eigenvalue weighted by Gasteiger charge is 2.06. The molecule has 1 aliphatic rings. The van der Waals surface area contributed by atoms with Gasteiger partial charge in [0.1, 0.15) is 0 Å². The average Bonchev–Trinajstić information content (AvgIpc) is 2.42. The molecule has 0 saturated heterocycles. The predicted octanol–water partition coefficient (Wildman–Crippen LogP) is 5.04. The standard InChI is InChI=1S/C18H21N/c1-4-7-18(17-11-9-15(2)10-12-17)14-19-13-6-5-8-16(19)3/h5-6,8-14H,3-4,7H2,1-2H3/b18-14+. The van der Waals surface area contributed by atoms with E-state index < -0.39 is 0 Å². The molecule has 19 heavy (non-hydrogen) atoms. The molecule has 2 rings (SSSR count). The van der Waals surface area contributed by atoms with Crippen molar-refractivity contribution in [2.24, 2.45) is 0 Å². The van der Waals surface area contributed by atoms with Crippen molar-refractivity contribution >= 4 is 5.57 Å². The first-order valence-electron chi connectivity index (χ1n) is 6.80. The molecule has 0 radical (unpaired) electrons. The Morgan fingerprint density at radius 3 is 2.58 bits per heavy atom. The smallest absolute Gasteiger partial charge is 0.0377 e. The molecule has 0 unspecified atom stereocenters. The molecule has 0 aromatic heterocycles. The van der Waals surface area contributed by atoms with Gasteiger partial charge in [-0.1, -0.05) is 55.8 Å². The summed E-state index contributed by atoms with van der Waals surface area (Å²) in [6.07, 6.45) is 12.5. The molecule has 0 amide bonds. The highest BCUT2D eigenvalue weighted by molar-refractivity contribution is 5.66. The lowest BCUT2D eigenvalue weighted by Crippen LogP contribution is -2.09. The Hall–Kier alpha value is -2.02. The maximum atomic E-state index is 4.06. The van der Waals surface area contributed by atoms with Crippen LogP contribution in [-0.2, 0) is 0 Å². The Morgan fingerprint density at radius 1 is 1.21 bits per heavy atom. The van der Waals surface area contributed by atoms with Gasteiger partial charge in [-0.05, 0) is 36.6 Å². The largest absolute Gasteiger partial charge is 0.324 e. The first kappa shape index (κ1) is 13.4. The maximum Gasteiger partial charge on any atom is 0.0377 e. The van der Waals surface area contributed by atoms with Crippen LogP contribution in [0, 0.1) is 6.92 Å². The SMILES string of the molecule is C=C1C=CC=CN1/C=C(\CCC)c1ccc(C)cc1. The molecule has 1 heterocycles. The number of hydrogen-bond donors (Lipinski definition) is 0. The molecule has 0 aliphatic carbocycles. The summed E-state index contributed by atoms with van der Waals surface area (Å²) in [6.45, 7) is 8.39. The number of aryl methyl sites for hydroxylation is 1. The molecule has 1 aliphatic heterocycles. The Balaban J connectivity index is 2.29. The van der Waals surface area contributed by atoms with E-state index in [4.69, 9.17) is 0 Å². The van der Waals surface area contributed by atoms with Crippen LogP contribution in [0.5, 0.6) is 0 Å². The summed E-state index contributed by atoms with van der Waals surface area (Å²) in [6, 6.07) is 8.73. The number of rotatable bonds is 4. The van der Waals surface area contributed by atoms with Crippen LogP contribution >= 0.6 is 0 Å². The number of hydrogen-bond acceptors (Lipinski definition) is 1. The Bertz CT molecular complexity index is 529. The van der Waals surface area contributed by atoms with Gasteiger partial charge in [-0.25, -0.2) is 0 Å². The van der Waals surface area contributed by atoms with Gasteiger partial charge in [-0.15, -0.1) is 0 Å². The Kier molecular flexibility index (Phi) is 4.40. The minimum absolute atomic E-state index is 1.00. The quantitative estimate of drug-likeness (QED) is 0.725. The third-order valence-electron chi connectivity index (χ3n) is 3.21. The maximum absolute atomic E-state index is 4.06. The molecule has 0 atom stereocenters. The van der Waals surface area contributed by atoms with Crippen LogP contribution in [0.15, 0.2) is 67.2 Å². The summed E-state index contributed by atoms with van der Waals surface area (Å²) >= 11 is 0. The molecule has 0 spiro atoms. The van der Waals surface area contributed by atoms with Crippen molar-refractivity contribution < 1.29 is 0 Å². The number of allylic oxidation sites excluding steroid dienone is 4. The van der Waals surface area contributed by atoms with E-state index in [0.717, 1.165) is 18.5 Å².